The van der Waals surface area contributed by atoms with Gasteiger partial charge in [-0.2, -0.15) is 0 Å². The number of ether oxygens (including phenoxy) is 2. The van der Waals surface area contributed by atoms with E-state index in [9.17, 15) is 9.59 Å². The van der Waals surface area contributed by atoms with Gasteiger partial charge in [-0.05, 0) is 18.6 Å². The first kappa shape index (κ1) is 16.2. The lowest BCUT2D eigenvalue weighted by Gasteiger charge is -1.96. The predicted octanol–water partition coefficient (Wildman–Crippen LogP) is 2.82. The first-order valence-corrected chi connectivity index (χ1v) is 5.88. The Morgan fingerprint density at radius 3 is 2.22 bits per heavy atom. The number of methoxy groups -OCH3 is 1. The first-order valence-electron chi connectivity index (χ1n) is 5.88. The molecule has 0 N–H and O–H groups in total. The van der Waals surface area contributed by atoms with Crippen LogP contribution in [0.25, 0.3) is 0 Å². The molecule has 0 radical (unpaired) electrons. The van der Waals surface area contributed by atoms with Crippen LogP contribution in [0.3, 0.4) is 0 Å². The fourth-order valence-corrected chi connectivity index (χ4v) is 1.05. The quantitative estimate of drug-likeness (QED) is 0.610. The van der Waals surface area contributed by atoms with Crippen molar-refractivity contribution < 1.29 is 19.1 Å². The fourth-order valence-electron chi connectivity index (χ4n) is 1.05. The summed E-state index contributed by atoms with van der Waals surface area (Å²) in [6.45, 7) is 4.06. The molecule has 0 spiro atoms. The van der Waals surface area contributed by atoms with Crippen molar-refractivity contribution in [1.29, 1.82) is 0 Å². The first-order chi connectivity index (χ1) is 8.61. The lowest BCUT2D eigenvalue weighted by molar-refractivity contribution is -0.141. The molecule has 0 aromatic heterocycles. The molecule has 0 saturated heterocycles. The SMILES string of the molecule is CCCCOC(C)=O.COC(=O)c1ccccc1. The van der Waals surface area contributed by atoms with Crippen LogP contribution >= 0.6 is 0 Å². The number of esters is 2. The van der Waals surface area contributed by atoms with Gasteiger partial charge in [-0.15, -0.1) is 0 Å². The van der Waals surface area contributed by atoms with Gasteiger partial charge in [0.05, 0.1) is 19.3 Å². The van der Waals surface area contributed by atoms with Crippen LogP contribution in [0, 0.1) is 0 Å². The highest BCUT2D eigenvalue weighted by Crippen LogP contribution is 1.98. The van der Waals surface area contributed by atoms with Gasteiger partial charge in [0.1, 0.15) is 0 Å². The van der Waals surface area contributed by atoms with Crippen molar-refractivity contribution >= 4 is 11.9 Å². The number of hydrogen-bond acceptors (Lipinski definition) is 4. The van der Waals surface area contributed by atoms with E-state index in [0.29, 0.717) is 12.2 Å². The van der Waals surface area contributed by atoms with Gasteiger partial charge in [-0.1, -0.05) is 31.5 Å². The van der Waals surface area contributed by atoms with Gasteiger partial charge in [0.2, 0.25) is 0 Å². The Balaban J connectivity index is 0.000000331. The molecule has 0 atom stereocenters. The van der Waals surface area contributed by atoms with E-state index in [1.807, 2.05) is 6.07 Å². The van der Waals surface area contributed by atoms with Crippen molar-refractivity contribution in [1.82, 2.24) is 0 Å². The third-order valence-corrected chi connectivity index (χ3v) is 2.00. The summed E-state index contributed by atoms with van der Waals surface area (Å²) >= 11 is 0. The Labute approximate surface area is 108 Å². The van der Waals surface area contributed by atoms with E-state index in [1.54, 1.807) is 24.3 Å². The maximum absolute atomic E-state index is 10.8. The van der Waals surface area contributed by atoms with Crippen LogP contribution in [-0.4, -0.2) is 25.7 Å². The maximum Gasteiger partial charge on any atom is 0.337 e. The standard InChI is InChI=1S/C8H8O2.C6H12O2/c1-10-8(9)7-5-3-2-4-6-7;1-3-4-5-8-6(2)7/h2-6H,1H3;3-5H2,1-2H3. The number of unbranched alkanes of at least 4 members (excludes halogenated alkanes) is 1. The molecule has 0 saturated carbocycles. The van der Waals surface area contributed by atoms with E-state index >= 15 is 0 Å². The summed E-state index contributed by atoms with van der Waals surface area (Å²) in [5.41, 5.74) is 0.588. The summed E-state index contributed by atoms with van der Waals surface area (Å²) < 4.78 is 9.14. The zero-order valence-corrected chi connectivity index (χ0v) is 11.1. The Hall–Kier alpha value is -1.84. The molecule has 0 aliphatic carbocycles. The normalized spacial score (nSPS) is 8.83. The highest BCUT2D eigenvalue weighted by molar-refractivity contribution is 5.89. The summed E-state index contributed by atoms with van der Waals surface area (Å²) in [6, 6.07) is 8.88. The zero-order valence-electron chi connectivity index (χ0n) is 11.1. The monoisotopic (exact) mass is 252 g/mol. The molecular weight excluding hydrogens is 232 g/mol. The van der Waals surface area contributed by atoms with Crippen molar-refractivity contribution in [3.63, 3.8) is 0 Å². The molecule has 1 aromatic carbocycles. The number of benzene rings is 1. The Bertz CT molecular complexity index is 346. The minimum atomic E-state index is -0.291. The molecule has 0 amide bonds. The van der Waals surface area contributed by atoms with E-state index in [0.717, 1.165) is 12.8 Å². The molecule has 0 fully saturated rings. The lowest BCUT2D eigenvalue weighted by Crippen LogP contribution is -1.99. The molecule has 1 aromatic rings. The Morgan fingerprint density at radius 1 is 1.17 bits per heavy atom. The van der Waals surface area contributed by atoms with E-state index in [1.165, 1.54) is 14.0 Å². The van der Waals surface area contributed by atoms with E-state index in [4.69, 9.17) is 0 Å². The van der Waals surface area contributed by atoms with Crippen LogP contribution in [0.2, 0.25) is 0 Å². The van der Waals surface area contributed by atoms with Crippen LogP contribution < -0.4 is 0 Å². The summed E-state index contributed by atoms with van der Waals surface area (Å²) in [6.07, 6.45) is 2.05. The topological polar surface area (TPSA) is 52.6 Å². The van der Waals surface area contributed by atoms with Crippen molar-refractivity contribution in [3.05, 3.63) is 35.9 Å². The van der Waals surface area contributed by atoms with E-state index < -0.39 is 0 Å². The minimum Gasteiger partial charge on any atom is -0.466 e. The fraction of sp³-hybridized carbons (Fsp3) is 0.429. The van der Waals surface area contributed by atoms with Crippen molar-refractivity contribution in [3.8, 4) is 0 Å². The minimum absolute atomic E-state index is 0.182. The van der Waals surface area contributed by atoms with Gasteiger partial charge < -0.3 is 9.47 Å². The van der Waals surface area contributed by atoms with Gasteiger partial charge in [0, 0.05) is 6.92 Å². The van der Waals surface area contributed by atoms with Crippen molar-refractivity contribution in [2.45, 2.75) is 26.7 Å². The smallest absolute Gasteiger partial charge is 0.337 e. The molecular formula is C14H20O4. The van der Waals surface area contributed by atoms with Crippen LogP contribution in [0.1, 0.15) is 37.0 Å². The second-order valence-corrected chi connectivity index (χ2v) is 3.55. The summed E-state index contributed by atoms with van der Waals surface area (Å²) in [4.78, 5) is 20.9. The summed E-state index contributed by atoms with van der Waals surface area (Å²) in [7, 11) is 1.37. The van der Waals surface area contributed by atoms with Gasteiger partial charge in [0.15, 0.2) is 0 Å². The predicted molar refractivity (Wildman–Crippen MR) is 69.3 cm³/mol. The molecule has 0 unspecified atom stereocenters. The third-order valence-electron chi connectivity index (χ3n) is 2.00. The second kappa shape index (κ2) is 10.3. The molecule has 18 heavy (non-hydrogen) atoms. The highest BCUT2D eigenvalue weighted by atomic mass is 16.5. The Kier molecular flexibility index (Phi) is 9.27. The van der Waals surface area contributed by atoms with Crippen molar-refractivity contribution in [2.75, 3.05) is 13.7 Å². The number of rotatable bonds is 4. The number of hydrogen-bond donors (Lipinski definition) is 0. The zero-order chi connectivity index (χ0) is 13.8. The molecule has 0 bridgehead atoms. The number of carbonyl (C=O) groups excluding carboxylic acids is 2. The molecule has 0 aliphatic heterocycles. The van der Waals surface area contributed by atoms with Gasteiger partial charge in [-0.3, -0.25) is 4.79 Å². The molecule has 0 aliphatic rings. The summed E-state index contributed by atoms with van der Waals surface area (Å²) in [5.74, 6) is -0.473. The highest BCUT2D eigenvalue weighted by Gasteiger charge is 2.00. The second-order valence-electron chi connectivity index (χ2n) is 3.55. The van der Waals surface area contributed by atoms with Crippen molar-refractivity contribution in [2.24, 2.45) is 0 Å². The Morgan fingerprint density at radius 2 is 1.78 bits per heavy atom. The van der Waals surface area contributed by atoms with Crippen LogP contribution in [0.5, 0.6) is 0 Å². The largest absolute Gasteiger partial charge is 0.466 e. The average Bonchev–Trinajstić information content (AvgIpc) is 2.39. The molecule has 100 valence electrons. The van der Waals surface area contributed by atoms with Crippen LogP contribution in [0.15, 0.2) is 30.3 Å². The molecule has 4 heteroatoms. The van der Waals surface area contributed by atoms with E-state index in [2.05, 4.69) is 16.4 Å². The molecule has 1 rings (SSSR count). The van der Waals surface area contributed by atoms with Gasteiger partial charge in [-0.25, -0.2) is 4.79 Å². The van der Waals surface area contributed by atoms with Gasteiger partial charge in [0.25, 0.3) is 0 Å². The van der Waals surface area contributed by atoms with Crippen LogP contribution in [-0.2, 0) is 14.3 Å². The molecule has 0 heterocycles. The summed E-state index contributed by atoms with van der Waals surface area (Å²) in [5, 5.41) is 0. The van der Waals surface area contributed by atoms with Gasteiger partial charge >= 0.3 is 11.9 Å². The molecule has 4 nitrogen and oxygen atoms in total. The maximum atomic E-state index is 10.8. The van der Waals surface area contributed by atoms with E-state index in [-0.39, 0.29) is 11.9 Å². The average molecular weight is 252 g/mol. The third kappa shape index (κ3) is 8.33. The van der Waals surface area contributed by atoms with Crippen LogP contribution in [0.4, 0.5) is 0 Å². The lowest BCUT2D eigenvalue weighted by atomic mass is 10.2. The number of carbonyl (C=O) groups is 2.